The van der Waals surface area contributed by atoms with E-state index in [1.807, 2.05) is 31.5 Å². The highest BCUT2D eigenvalue weighted by Gasteiger charge is 2.06. The fourth-order valence-corrected chi connectivity index (χ4v) is 2.92. The molecule has 0 amide bonds. The van der Waals surface area contributed by atoms with Crippen LogP contribution in [-0.4, -0.2) is 15.9 Å². The summed E-state index contributed by atoms with van der Waals surface area (Å²) in [6.45, 7) is 4.16. The first-order chi connectivity index (χ1) is 13.7. The fourth-order valence-electron chi connectivity index (χ4n) is 2.92. The van der Waals surface area contributed by atoms with Gasteiger partial charge in [0.15, 0.2) is 11.6 Å². The molecular formula is C23H32N2O3. The molecule has 28 heavy (non-hydrogen) atoms. The van der Waals surface area contributed by atoms with Crippen molar-refractivity contribution >= 4 is 5.97 Å². The maximum atomic E-state index is 11.3. The average Bonchev–Trinajstić information content (AvgIpc) is 2.73. The Balaban J connectivity index is 1.75. The predicted molar refractivity (Wildman–Crippen MR) is 111 cm³/mol. The number of benzene rings is 1. The van der Waals surface area contributed by atoms with Crippen LogP contribution >= 0.6 is 0 Å². The summed E-state index contributed by atoms with van der Waals surface area (Å²) in [7, 11) is 0. The topological polar surface area (TPSA) is 61.3 Å². The van der Waals surface area contributed by atoms with Crippen LogP contribution in [0.1, 0.15) is 77.2 Å². The molecule has 0 saturated heterocycles. The number of aromatic nitrogens is 2. The third-order valence-electron chi connectivity index (χ3n) is 4.57. The third kappa shape index (κ3) is 8.07. The number of hydrogen-bond acceptors (Lipinski definition) is 5. The van der Waals surface area contributed by atoms with Crippen LogP contribution < -0.4 is 4.89 Å². The van der Waals surface area contributed by atoms with Crippen molar-refractivity contribution in [3.63, 3.8) is 0 Å². The number of hydrogen-bond donors (Lipinski definition) is 0. The Morgan fingerprint density at radius 1 is 0.857 bits per heavy atom. The van der Waals surface area contributed by atoms with Gasteiger partial charge in [-0.1, -0.05) is 52.4 Å². The molecule has 0 radical (unpaired) electrons. The van der Waals surface area contributed by atoms with E-state index in [-0.39, 0.29) is 5.97 Å². The molecule has 0 aliphatic rings. The fraction of sp³-hybridized carbons (Fsp3) is 0.522. The van der Waals surface area contributed by atoms with Crippen LogP contribution in [-0.2, 0) is 16.1 Å². The van der Waals surface area contributed by atoms with Crippen LogP contribution in [0.4, 0.5) is 0 Å². The molecule has 0 aliphatic carbocycles. The van der Waals surface area contributed by atoms with Gasteiger partial charge in [-0.2, -0.15) is 0 Å². The summed E-state index contributed by atoms with van der Waals surface area (Å²) >= 11 is 0. The van der Waals surface area contributed by atoms with E-state index in [1.54, 1.807) is 12.1 Å². The molecule has 0 saturated carbocycles. The number of aryl methyl sites for hydroxylation is 1. The zero-order chi connectivity index (χ0) is 20.0. The van der Waals surface area contributed by atoms with Crippen molar-refractivity contribution in [3.05, 3.63) is 42.2 Å². The number of unbranched alkanes of at least 4 members (excludes halogenated alkanes) is 6. The second kappa shape index (κ2) is 12.9. The molecule has 2 rings (SSSR count). The van der Waals surface area contributed by atoms with Gasteiger partial charge in [0.1, 0.15) is 0 Å². The highest BCUT2D eigenvalue weighted by atomic mass is 17.2. The molecule has 2 aromatic rings. The molecule has 0 N–H and O–H groups in total. The van der Waals surface area contributed by atoms with Gasteiger partial charge in [-0.25, -0.2) is 14.8 Å². The summed E-state index contributed by atoms with van der Waals surface area (Å²) in [5.74, 6) is 0.785. The van der Waals surface area contributed by atoms with E-state index < -0.39 is 0 Å². The van der Waals surface area contributed by atoms with Gasteiger partial charge < -0.3 is 0 Å². The van der Waals surface area contributed by atoms with Gasteiger partial charge in [0.2, 0.25) is 0 Å². The van der Waals surface area contributed by atoms with Crippen molar-refractivity contribution in [1.82, 2.24) is 9.97 Å². The highest BCUT2D eigenvalue weighted by molar-refractivity contribution is 5.68. The SMILES string of the molecule is CCCCCCCCCc1cnc(-c2ccc(OOC(=O)CCC)cc2)nc1. The molecule has 152 valence electrons. The van der Waals surface area contributed by atoms with Gasteiger partial charge in [0, 0.05) is 24.4 Å². The van der Waals surface area contributed by atoms with Crippen molar-refractivity contribution in [2.45, 2.75) is 78.1 Å². The minimum Gasteiger partial charge on any atom is -0.287 e. The number of nitrogens with zero attached hydrogens (tertiary/aromatic N) is 2. The summed E-state index contributed by atoms with van der Waals surface area (Å²) in [6.07, 6.45) is 15.1. The zero-order valence-corrected chi connectivity index (χ0v) is 17.2. The Kier molecular flexibility index (Phi) is 10.0. The number of carbonyl (C=O) groups excluding carboxylic acids is 1. The lowest BCUT2D eigenvalue weighted by Gasteiger charge is -2.06. The van der Waals surface area contributed by atoms with Gasteiger partial charge in [0.05, 0.1) is 0 Å². The van der Waals surface area contributed by atoms with Crippen molar-refractivity contribution in [2.75, 3.05) is 0 Å². The van der Waals surface area contributed by atoms with Gasteiger partial charge in [-0.15, -0.1) is 0 Å². The first kappa shape index (κ1) is 21.9. The standard InChI is InChI=1S/C23H32N2O3/c1-3-5-6-7-8-9-10-12-19-17-24-23(25-18-19)20-13-15-21(16-14-20)27-28-22(26)11-4-2/h13-18H,3-12H2,1-2H3. The first-order valence-corrected chi connectivity index (χ1v) is 10.5. The molecule has 1 aromatic heterocycles. The molecule has 0 spiro atoms. The van der Waals surface area contributed by atoms with Crippen LogP contribution in [0.2, 0.25) is 0 Å². The zero-order valence-electron chi connectivity index (χ0n) is 17.2. The Hall–Kier alpha value is -2.43. The van der Waals surface area contributed by atoms with E-state index in [4.69, 9.17) is 9.78 Å². The maximum absolute atomic E-state index is 11.3. The Labute approximate surface area is 168 Å². The number of rotatable bonds is 13. The number of carbonyl (C=O) groups is 1. The molecule has 5 heteroatoms. The predicted octanol–water partition coefficient (Wildman–Crippen LogP) is 6.07. The molecular weight excluding hydrogens is 352 g/mol. The minimum absolute atomic E-state index is 0.344. The molecule has 0 fully saturated rings. The van der Waals surface area contributed by atoms with E-state index in [9.17, 15) is 4.79 Å². The Morgan fingerprint density at radius 2 is 1.50 bits per heavy atom. The lowest BCUT2D eigenvalue weighted by atomic mass is 10.1. The summed E-state index contributed by atoms with van der Waals surface area (Å²) in [5.41, 5.74) is 2.08. The van der Waals surface area contributed by atoms with E-state index >= 15 is 0 Å². The van der Waals surface area contributed by atoms with Gasteiger partial charge >= 0.3 is 5.97 Å². The molecule has 0 bridgehead atoms. The Bertz CT molecular complexity index is 684. The summed E-state index contributed by atoms with van der Waals surface area (Å²) in [4.78, 5) is 30.0. The normalized spacial score (nSPS) is 10.6. The van der Waals surface area contributed by atoms with Crippen LogP contribution in [0, 0.1) is 0 Å². The van der Waals surface area contributed by atoms with E-state index in [0.717, 1.165) is 18.4 Å². The van der Waals surface area contributed by atoms with Crippen LogP contribution in [0.25, 0.3) is 11.4 Å². The van der Waals surface area contributed by atoms with Gasteiger partial charge in [-0.05, 0) is 49.1 Å². The molecule has 0 atom stereocenters. The van der Waals surface area contributed by atoms with Crippen LogP contribution in [0.5, 0.6) is 5.75 Å². The van der Waals surface area contributed by atoms with Crippen LogP contribution in [0.15, 0.2) is 36.7 Å². The van der Waals surface area contributed by atoms with E-state index in [2.05, 4.69) is 16.9 Å². The second-order valence-electron chi connectivity index (χ2n) is 7.10. The average molecular weight is 385 g/mol. The van der Waals surface area contributed by atoms with E-state index in [1.165, 1.54) is 50.5 Å². The lowest BCUT2D eigenvalue weighted by molar-refractivity contribution is -0.213. The molecule has 1 aromatic carbocycles. The summed E-state index contributed by atoms with van der Waals surface area (Å²) in [5, 5.41) is 0. The highest BCUT2D eigenvalue weighted by Crippen LogP contribution is 2.20. The summed E-state index contributed by atoms with van der Waals surface area (Å²) in [6, 6.07) is 7.19. The molecule has 1 heterocycles. The lowest BCUT2D eigenvalue weighted by Crippen LogP contribution is -2.06. The van der Waals surface area contributed by atoms with Crippen molar-refractivity contribution in [1.29, 1.82) is 0 Å². The third-order valence-corrected chi connectivity index (χ3v) is 4.57. The Morgan fingerprint density at radius 3 is 2.14 bits per heavy atom. The largest absolute Gasteiger partial charge is 0.355 e. The minimum atomic E-state index is -0.369. The van der Waals surface area contributed by atoms with Gasteiger partial charge in [-0.3, -0.25) is 9.78 Å². The summed E-state index contributed by atoms with van der Waals surface area (Å²) < 4.78 is 0. The van der Waals surface area contributed by atoms with Crippen molar-refractivity contribution in [3.8, 4) is 17.1 Å². The smallest absolute Gasteiger partial charge is 0.287 e. The van der Waals surface area contributed by atoms with Crippen molar-refractivity contribution < 1.29 is 14.6 Å². The van der Waals surface area contributed by atoms with E-state index in [0.29, 0.717) is 18.0 Å². The second-order valence-corrected chi connectivity index (χ2v) is 7.10. The molecule has 0 unspecified atom stereocenters. The maximum Gasteiger partial charge on any atom is 0.355 e. The first-order valence-electron chi connectivity index (χ1n) is 10.5. The van der Waals surface area contributed by atoms with Crippen molar-refractivity contribution in [2.24, 2.45) is 0 Å². The molecule has 5 nitrogen and oxygen atoms in total. The quantitative estimate of drug-likeness (QED) is 0.238. The molecule has 0 aliphatic heterocycles. The van der Waals surface area contributed by atoms with Crippen LogP contribution in [0.3, 0.4) is 0 Å². The monoisotopic (exact) mass is 384 g/mol. The van der Waals surface area contributed by atoms with Gasteiger partial charge in [0.25, 0.3) is 0 Å².